The van der Waals surface area contributed by atoms with Crippen molar-refractivity contribution in [3.8, 4) is 0 Å². The molecule has 0 spiro atoms. The summed E-state index contributed by atoms with van der Waals surface area (Å²) in [5.41, 5.74) is 0.649. The first-order valence-corrected chi connectivity index (χ1v) is 10.9. The number of carbonyl (C=O) groups is 1. The minimum absolute atomic E-state index is 0.120. The second kappa shape index (κ2) is 10.3. The number of hydrogen-bond donors (Lipinski definition) is 0. The first-order chi connectivity index (χ1) is 17.7. The van der Waals surface area contributed by atoms with Gasteiger partial charge >= 0.3 is 46.8 Å². The highest BCUT2D eigenvalue weighted by Crippen LogP contribution is 2.64. The fourth-order valence-corrected chi connectivity index (χ4v) is 3.57. The number of hydrogen-bond acceptors (Lipinski definition) is 2. The summed E-state index contributed by atoms with van der Waals surface area (Å²) in [6.07, 6.45) is 0. The van der Waals surface area contributed by atoms with Gasteiger partial charge in [0.05, 0.1) is 0 Å². The lowest BCUT2D eigenvalue weighted by Crippen LogP contribution is -2.75. The van der Waals surface area contributed by atoms with Gasteiger partial charge < -0.3 is 4.90 Å². The molecule has 1 heterocycles. The van der Waals surface area contributed by atoms with Crippen molar-refractivity contribution in [3.05, 3.63) is 35.9 Å². The van der Waals surface area contributed by atoms with Gasteiger partial charge in [0.1, 0.15) is 0 Å². The Morgan fingerprint density at radius 3 is 1.38 bits per heavy atom. The zero-order valence-electron chi connectivity index (χ0n) is 19.2. The Bertz CT molecular complexity index is 1050. The van der Waals surface area contributed by atoms with Gasteiger partial charge in [0.15, 0.2) is 0 Å². The molecule has 0 unspecified atom stereocenters. The van der Waals surface area contributed by atoms with Crippen LogP contribution in [-0.2, 0) is 11.3 Å². The maximum Gasteiger partial charge on any atom is 0.393 e. The van der Waals surface area contributed by atoms with E-state index in [1.807, 2.05) is 0 Å². The summed E-state index contributed by atoms with van der Waals surface area (Å²) in [5, 5.41) is -6.85. The third-order valence-electron chi connectivity index (χ3n) is 5.90. The molecule has 1 aromatic carbocycles. The van der Waals surface area contributed by atoms with Crippen molar-refractivity contribution in [2.24, 2.45) is 0 Å². The normalized spacial score (nSPS) is 17.8. The number of amides is 1. The van der Waals surface area contributed by atoms with Crippen molar-refractivity contribution in [2.45, 2.75) is 53.4 Å². The summed E-state index contributed by atoms with van der Waals surface area (Å²) in [4.78, 5) is 13.2. The average Bonchev–Trinajstić information content (AvgIpc) is 2.83. The molecule has 0 bridgehead atoms. The van der Waals surface area contributed by atoms with E-state index < -0.39 is 65.8 Å². The third kappa shape index (κ3) is 5.04. The van der Waals surface area contributed by atoms with E-state index >= 15 is 0 Å². The molecule has 0 aliphatic carbocycles. The van der Waals surface area contributed by atoms with Gasteiger partial charge in [-0.25, -0.2) is 0 Å². The number of carbonyl (C=O) groups excluding carboxylic acids is 1. The quantitative estimate of drug-likeness (QED) is 0.213. The summed E-state index contributed by atoms with van der Waals surface area (Å²) in [5.74, 6) is -60.0. The van der Waals surface area contributed by atoms with Crippen LogP contribution in [0.15, 0.2) is 30.3 Å². The molecule has 0 N–H and O–H groups in total. The molecule has 0 aromatic heterocycles. The molecule has 1 saturated heterocycles. The molecule has 1 aliphatic heterocycles. The van der Waals surface area contributed by atoms with Gasteiger partial charge in [-0.15, -0.1) is 0 Å². The van der Waals surface area contributed by atoms with Gasteiger partial charge in [-0.2, -0.15) is 70.2 Å². The number of nitrogens with zero attached hydrogens (tertiary/aromatic N) is 2. The van der Waals surface area contributed by atoms with Crippen LogP contribution in [0.2, 0.25) is 0 Å². The van der Waals surface area contributed by atoms with Crippen molar-refractivity contribution in [3.63, 3.8) is 0 Å². The molecule has 1 aromatic rings. The topological polar surface area (TPSA) is 23.6 Å². The smallest absolute Gasteiger partial charge is 0.335 e. The Morgan fingerprint density at radius 2 is 0.975 bits per heavy atom. The minimum atomic E-state index is -8.60. The zero-order chi connectivity index (χ0) is 31.4. The standard InChI is InChI=1S/C20H15ClF16N2O/c21-20(36,37)19(34,35)18(32,33)17(30,31)16(28,29)15(26,27)14(24,25)13(22,23)12(40)39-8-6-38(7-9-39)10-11-4-2-1-3-5-11/h1-5H,6-10H2. The molecule has 3 nitrogen and oxygen atoms in total. The first-order valence-electron chi connectivity index (χ1n) is 10.5. The monoisotopic (exact) mass is 638 g/mol. The molecule has 20 heteroatoms. The summed E-state index contributed by atoms with van der Waals surface area (Å²) >= 11 is 3.47. The molecule has 2 rings (SSSR count). The molecule has 1 fully saturated rings. The predicted octanol–water partition coefficient (Wildman–Crippen LogP) is 6.61. The largest absolute Gasteiger partial charge is 0.393 e. The lowest BCUT2D eigenvalue weighted by atomic mass is 9.88. The van der Waals surface area contributed by atoms with Gasteiger partial charge in [-0.05, 0) is 17.2 Å². The van der Waals surface area contributed by atoms with Crippen LogP contribution in [0.25, 0.3) is 0 Å². The highest BCUT2D eigenvalue weighted by Gasteiger charge is 2.95. The van der Waals surface area contributed by atoms with Gasteiger partial charge in [0.25, 0.3) is 5.91 Å². The van der Waals surface area contributed by atoms with Crippen molar-refractivity contribution >= 4 is 17.5 Å². The predicted molar refractivity (Wildman–Crippen MR) is 104 cm³/mol. The van der Waals surface area contributed by atoms with Gasteiger partial charge in [-0.3, -0.25) is 9.69 Å². The van der Waals surface area contributed by atoms with Crippen molar-refractivity contribution < 1.29 is 75.0 Å². The van der Waals surface area contributed by atoms with Crippen LogP contribution in [0.4, 0.5) is 70.2 Å². The molecule has 0 saturated carbocycles. The van der Waals surface area contributed by atoms with E-state index in [1.54, 1.807) is 30.3 Å². The highest BCUT2D eigenvalue weighted by molar-refractivity contribution is 6.22. The molecule has 0 radical (unpaired) electrons. The van der Waals surface area contributed by atoms with Crippen molar-refractivity contribution in [2.75, 3.05) is 26.2 Å². The van der Waals surface area contributed by atoms with Crippen LogP contribution in [0.5, 0.6) is 0 Å². The SMILES string of the molecule is O=C(N1CCN(Cc2ccccc2)CC1)C(F)(F)C(F)(F)C(F)(F)C(F)(F)C(F)(F)C(F)(F)C(F)(F)C(F)(F)Cl. The molecule has 40 heavy (non-hydrogen) atoms. The van der Waals surface area contributed by atoms with E-state index in [-0.39, 0.29) is 24.5 Å². The van der Waals surface area contributed by atoms with Gasteiger partial charge in [-0.1, -0.05) is 30.3 Å². The van der Waals surface area contributed by atoms with E-state index in [0.717, 1.165) is 0 Å². The summed E-state index contributed by atoms with van der Waals surface area (Å²) < 4.78 is 218. The van der Waals surface area contributed by atoms with Crippen LogP contribution in [-0.4, -0.2) is 88.7 Å². The number of piperazine rings is 1. The number of halogens is 17. The molecule has 1 amide bonds. The third-order valence-corrected chi connectivity index (χ3v) is 6.14. The maximum atomic E-state index is 14.3. The molecule has 230 valence electrons. The molecular weight excluding hydrogens is 624 g/mol. The van der Waals surface area contributed by atoms with Gasteiger partial charge in [0.2, 0.25) is 0 Å². The summed E-state index contributed by atoms with van der Waals surface area (Å²) in [6.45, 7) is -2.45. The van der Waals surface area contributed by atoms with E-state index in [2.05, 4.69) is 11.6 Å². The fraction of sp³-hybridized carbons (Fsp3) is 0.650. The summed E-state index contributed by atoms with van der Waals surface area (Å²) in [7, 11) is 0. The van der Waals surface area contributed by atoms with Crippen LogP contribution in [0.1, 0.15) is 5.56 Å². The van der Waals surface area contributed by atoms with Crippen LogP contribution >= 0.6 is 11.6 Å². The van der Waals surface area contributed by atoms with E-state index in [0.29, 0.717) is 5.56 Å². The Hall–Kier alpha value is -2.18. The number of alkyl halides is 17. The van der Waals surface area contributed by atoms with E-state index in [9.17, 15) is 75.0 Å². The Labute approximate surface area is 218 Å². The van der Waals surface area contributed by atoms with E-state index in [1.165, 1.54) is 4.90 Å². The minimum Gasteiger partial charge on any atom is -0.335 e. The first kappa shape index (κ1) is 34.0. The molecular formula is C20H15ClF16N2O. The Balaban J connectivity index is 2.34. The lowest BCUT2D eigenvalue weighted by Gasteiger charge is -2.43. The Kier molecular flexibility index (Phi) is 8.74. The average molecular weight is 639 g/mol. The molecule has 1 aliphatic rings. The molecule has 0 atom stereocenters. The van der Waals surface area contributed by atoms with Crippen LogP contribution in [0.3, 0.4) is 0 Å². The van der Waals surface area contributed by atoms with Gasteiger partial charge in [0, 0.05) is 32.7 Å². The van der Waals surface area contributed by atoms with Crippen molar-refractivity contribution in [1.29, 1.82) is 0 Å². The second-order valence-corrected chi connectivity index (χ2v) is 9.05. The number of rotatable bonds is 10. The Morgan fingerprint density at radius 1 is 0.600 bits per heavy atom. The highest BCUT2D eigenvalue weighted by atomic mass is 35.5. The van der Waals surface area contributed by atoms with Crippen LogP contribution < -0.4 is 0 Å². The lowest BCUT2D eigenvalue weighted by molar-refractivity contribution is -0.446. The van der Waals surface area contributed by atoms with E-state index in [4.69, 9.17) is 0 Å². The maximum absolute atomic E-state index is 14.3. The second-order valence-electron chi connectivity index (χ2n) is 8.57. The fourth-order valence-electron chi connectivity index (χ4n) is 3.45. The van der Waals surface area contributed by atoms with Crippen molar-refractivity contribution in [1.82, 2.24) is 9.80 Å². The zero-order valence-corrected chi connectivity index (χ0v) is 19.9. The number of benzene rings is 1. The van der Waals surface area contributed by atoms with Crippen LogP contribution in [0, 0.1) is 0 Å². The summed E-state index contributed by atoms with van der Waals surface area (Å²) in [6, 6.07) is 8.07.